The summed E-state index contributed by atoms with van der Waals surface area (Å²) in [5.41, 5.74) is 0.441. The Bertz CT molecular complexity index is 288. The number of allylic oxidation sites excluding steroid dienone is 1. The molecular formula is C6H6N3OY-. The van der Waals surface area contributed by atoms with Gasteiger partial charge in [0.05, 0.1) is 0 Å². The van der Waals surface area contributed by atoms with Gasteiger partial charge in [0.1, 0.15) is 5.94 Å². The molecular weight excluding hydrogens is 219 g/mol. The molecule has 0 aliphatic heterocycles. The minimum atomic E-state index is 0. The van der Waals surface area contributed by atoms with Gasteiger partial charge in [-0.1, -0.05) is 0 Å². The fourth-order valence-electron chi connectivity index (χ4n) is 0.629. The fourth-order valence-corrected chi connectivity index (χ4v) is 0.629. The zero-order chi connectivity index (χ0) is 7.56. The molecule has 0 aromatic carbocycles. The first kappa shape index (κ1) is 10.7. The number of nitrogens with zero attached hydrogens (tertiary/aromatic N) is 3. The molecule has 0 bridgehead atoms. The van der Waals surface area contributed by atoms with E-state index in [0.717, 1.165) is 0 Å². The third kappa shape index (κ3) is 2.33. The molecule has 0 N–H and O–H groups in total. The van der Waals surface area contributed by atoms with E-state index in [0.29, 0.717) is 11.4 Å². The van der Waals surface area contributed by atoms with Crippen molar-refractivity contribution in [3.63, 3.8) is 0 Å². The molecule has 0 saturated heterocycles. The number of hydrogen-bond donors (Lipinski definition) is 0. The summed E-state index contributed by atoms with van der Waals surface area (Å²) in [5.74, 6) is 2.24. The van der Waals surface area contributed by atoms with Crippen LogP contribution in [0.3, 0.4) is 0 Å². The Morgan fingerprint density at radius 3 is 2.73 bits per heavy atom. The first-order valence-electron chi connectivity index (χ1n) is 2.75. The maximum Gasteiger partial charge on any atom is 0.111 e. The third-order valence-corrected chi connectivity index (χ3v) is 1.15. The average Bonchev–Trinajstić information content (AvgIpc) is 2.34. The van der Waals surface area contributed by atoms with Gasteiger partial charge in [-0.05, 0) is 18.8 Å². The predicted octanol–water partition coefficient (Wildman–Crippen LogP) is -0.152. The van der Waals surface area contributed by atoms with Gasteiger partial charge in [0, 0.05) is 45.6 Å². The molecule has 0 aliphatic carbocycles. The Kier molecular flexibility index (Phi) is 4.42. The van der Waals surface area contributed by atoms with Crippen molar-refractivity contribution in [1.29, 1.82) is 0 Å². The van der Waals surface area contributed by atoms with E-state index in [1.807, 2.05) is 0 Å². The molecule has 1 aromatic rings. The van der Waals surface area contributed by atoms with Gasteiger partial charge in [0.15, 0.2) is 0 Å². The standard InChI is InChI=1S/C6H6N3O.Y/c1-5(3-10)6-7-4-8-9(6)2;/h1-2H3;/q-1;. The molecule has 1 radical (unpaired) electrons. The van der Waals surface area contributed by atoms with Crippen molar-refractivity contribution in [3.8, 4) is 0 Å². The summed E-state index contributed by atoms with van der Waals surface area (Å²) in [7, 11) is 1.69. The molecule has 0 atom stereocenters. The van der Waals surface area contributed by atoms with Crippen LogP contribution in [0.15, 0.2) is 0 Å². The van der Waals surface area contributed by atoms with E-state index in [-0.39, 0.29) is 32.7 Å². The predicted molar refractivity (Wildman–Crippen MR) is 34.6 cm³/mol. The molecule has 0 amide bonds. The average molecular weight is 225 g/mol. The smallest absolute Gasteiger partial charge is 0.111 e. The molecule has 0 saturated carbocycles. The molecule has 0 spiro atoms. The van der Waals surface area contributed by atoms with Crippen molar-refractivity contribution in [2.24, 2.45) is 7.05 Å². The second kappa shape index (κ2) is 4.55. The first-order valence-corrected chi connectivity index (χ1v) is 2.75. The SMILES string of the molecule is CC(=C=O)c1n[c-]nn1C.[Y]. The van der Waals surface area contributed by atoms with Crippen molar-refractivity contribution in [2.75, 3.05) is 0 Å². The van der Waals surface area contributed by atoms with E-state index in [4.69, 9.17) is 0 Å². The van der Waals surface area contributed by atoms with Crippen LogP contribution < -0.4 is 0 Å². The van der Waals surface area contributed by atoms with E-state index < -0.39 is 0 Å². The van der Waals surface area contributed by atoms with Crippen LogP contribution in [0.25, 0.3) is 5.57 Å². The summed E-state index contributed by atoms with van der Waals surface area (Å²) in [6.45, 7) is 1.63. The zero-order valence-electron chi connectivity index (χ0n) is 6.33. The number of aryl methyl sites for hydroxylation is 1. The van der Waals surface area contributed by atoms with Crippen LogP contribution >= 0.6 is 0 Å². The topological polar surface area (TPSA) is 47.8 Å². The Labute approximate surface area is 89.6 Å². The largest absolute Gasteiger partial charge is 0.413 e. The van der Waals surface area contributed by atoms with E-state index in [1.165, 1.54) is 4.68 Å². The molecule has 0 aliphatic rings. The second-order valence-corrected chi connectivity index (χ2v) is 1.89. The minimum absolute atomic E-state index is 0. The van der Waals surface area contributed by atoms with Crippen molar-refractivity contribution in [1.82, 2.24) is 14.8 Å². The maximum absolute atomic E-state index is 10.1. The summed E-state index contributed by atoms with van der Waals surface area (Å²) in [5, 5.41) is 3.67. The summed E-state index contributed by atoms with van der Waals surface area (Å²) in [6, 6.07) is 0. The molecule has 1 aromatic heterocycles. The van der Waals surface area contributed by atoms with E-state index in [9.17, 15) is 4.79 Å². The van der Waals surface area contributed by atoms with Gasteiger partial charge in [-0.25, -0.2) is 4.79 Å². The Morgan fingerprint density at radius 1 is 1.73 bits per heavy atom. The normalized spacial score (nSPS) is 8.18. The number of carbonyl (C=O) groups excluding carboxylic acids is 1. The summed E-state index contributed by atoms with van der Waals surface area (Å²) < 4.78 is 1.47. The monoisotopic (exact) mass is 225 g/mol. The maximum atomic E-state index is 10.1. The Balaban J connectivity index is 0.000001000. The van der Waals surface area contributed by atoms with Crippen LogP contribution in [0.4, 0.5) is 0 Å². The Morgan fingerprint density at radius 2 is 2.36 bits per heavy atom. The van der Waals surface area contributed by atoms with Crippen molar-refractivity contribution in [2.45, 2.75) is 6.92 Å². The van der Waals surface area contributed by atoms with E-state index >= 15 is 0 Å². The Hall–Kier alpha value is -0.306. The van der Waals surface area contributed by atoms with E-state index in [2.05, 4.69) is 16.4 Å². The van der Waals surface area contributed by atoms with Gasteiger partial charge in [-0.3, -0.25) is 5.10 Å². The molecule has 0 fully saturated rings. The molecule has 1 rings (SSSR count). The van der Waals surface area contributed by atoms with Crippen LogP contribution in [0.1, 0.15) is 12.7 Å². The van der Waals surface area contributed by atoms with Gasteiger partial charge < -0.3 is 9.67 Å². The molecule has 4 nitrogen and oxygen atoms in total. The molecule has 0 unspecified atom stereocenters. The molecule has 5 heteroatoms. The second-order valence-electron chi connectivity index (χ2n) is 1.89. The third-order valence-electron chi connectivity index (χ3n) is 1.15. The van der Waals surface area contributed by atoms with Crippen molar-refractivity contribution >= 4 is 11.5 Å². The first-order chi connectivity index (χ1) is 4.75. The van der Waals surface area contributed by atoms with Gasteiger partial charge >= 0.3 is 0 Å². The van der Waals surface area contributed by atoms with Crippen molar-refractivity contribution < 1.29 is 37.5 Å². The van der Waals surface area contributed by atoms with Crippen LogP contribution in [-0.4, -0.2) is 20.7 Å². The van der Waals surface area contributed by atoms with Crippen LogP contribution in [0, 0.1) is 6.33 Å². The van der Waals surface area contributed by atoms with Crippen LogP contribution in [0.2, 0.25) is 0 Å². The van der Waals surface area contributed by atoms with Gasteiger partial charge in [-0.2, -0.15) is 0 Å². The summed E-state index contributed by atoms with van der Waals surface area (Å²) in [4.78, 5) is 13.8. The summed E-state index contributed by atoms with van der Waals surface area (Å²) in [6.07, 6.45) is 2.38. The molecule has 11 heavy (non-hydrogen) atoms. The summed E-state index contributed by atoms with van der Waals surface area (Å²) >= 11 is 0. The quantitative estimate of drug-likeness (QED) is 0.493. The molecule has 1 heterocycles. The molecule has 55 valence electrons. The van der Waals surface area contributed by atoms with Gasteiger partial charge in [-0.15, -0.1) is 0 Å². The van der Waals surface area contributed by atoms with Crippen LogP contribution in [0.5, 0.6) is 0 Å². The fraction of sp³-hybridized carbons (Fsp3) is 0.333. The van der Waals surface area contributed by atoms with Crippen LogP contribution in [-0.2, 0) is 44.6 Å². The van der Waals surface area contributed by atoms with Crippen molar-refractivity contribution in [3.05, 3.63) is 12.2 Å². The zero-order valence-corrected chi connectivity index (χ0v) is 9.17. The number of hydrogen-bond acceptors (Lipinski definition) is 3. The minimum Gasteiger partial charge on any atom is -0.413 e. The number of rotatable bonds is 1. The van der Waals surface area contributed by atoms with Gasteiger partial charge in [0.2, 0.25) is 0 Å². The van der Waals surface area contributed by atoms with E-state index in [1.54, 1.807) is 19.9 Å². The van der Waals surface area contributed by atoms with Gasteiger partial charge in [0.25, 0.3) is 0 Å². The number of aromatic nitrogens is 3.